The van der Waals surface area contributed by atoms with Crippen molar-refractivity contribution in [1.82, 2.24) is 0 Å². The molecule has 0 radical (unpaired) electrons. The lowest BCUT2D eigenvalue weighted by atomic mass is 9.65. The lowest BCUT2D eigenvalue weighted by molar-refractivity contribution is 0.291. The number of rotatable bonds is 2. The Morgan fingerprint density at radius 3 is 2.53 bits per heavy atom. The number of nitriles is 1. The fraction of sp³-hybridized carbons (Fsp3) is 0.417. The number of hydrogen-bond donors (Lipinski definition) is 1. The molecule has 90 valence electrons. The number of methoxy groups -OCH3 is 1. The van der Waals surface area contributed by atoms with Gasteiger partial charge in [0.05, 0.1) is 18.6 Å². The second-order valence-electron chi connectivity index (χ2n) is 4.15. The average Bonchev–Trinajstić information content (AvgIpc) is 2.26. The highest BCUT2D eigenvalue weighted by Gasteiger charge is 2.43. The van der Waals surface area contributed by atoms with Crippen LogP contribution in [0.15, 0.2) is 6.07 Å². The van der Waals surface area contributed by atoms with E-state index in [2.05, 4.69) is 6.07 Å². The van der Waals surface area contributed by atoms with Gasteiger partial charge >= 0.3 is 0 Å². The highest BCUT2D eigenvalue weighted by molar-refractivity contribution is 5.50. The number of ether oxygens (including phenoxy) is 1. The summed E-state index contributed by atoms with van der Waals surface area (Å²) in [4.78, 5) is 0. The van der Waals surface area contributed by atoms with Crippen LogP contribution in [-0.2, 0) is 5.41 Å². The van der Waals surface area contributed by atoms with E-state index < -0.39 is 22.8 Å². The van der Waals surface area contributed by atoms with Crippen LogP contribution in [0.1, 0.15) is 24.8 Å². The summed E-state index contributed by atoms with van der Waals surface area (Å²) in [7, 11) is 1.23. The Kier molecular flexibility index (Phi) is 2.66. The van der Waals surface area contributed by atoms with Gasteiger partial charge in [0.15, 0.2) is 17.3 Å². The van der Waals surface area contributed by atoms with Crippen LogP contribution in [-0.4, -0.2) is 12.2 Å². The fourth-order valence-electron chi connectivity index (χ4n) is 2.12. The third kappa shape index (κ3) is 1.52. The van der Waals surface area contributed by atoms with Crippen LogP contribution < -0.4 is 4.74 Å². The number of phenols is 1. The minimum atomic E-state index is -1.15. The molecule has 0 saturated heterocycles. The Balaban J connectivity index is 2.66. The van der Waals surface area contributed by atoms with Crippen LogP contribution >= 0.6 is 0 Å². The minimum absolute atomic E-state index is 0.182. The number of phenolic OH excluding ortho intramolecular Hbond substituents is 1. The molecule has 0 aromatic heterocycles. The maximum Gasteiger partial charge on any atom is 0.209 e. The molecule has 1 fully saturated rings. The Hall–Kier alpha value is -1.83. The van der Waals surface area contributed by atoms with E-state index in [9.17, 15) is 8.78 Å². The molecule has 1 aromatic carbocycles. The maximum atomic E-state index is 13.6. The molecular weight excluding hydrogens is 228 g/mol. The summed E-state index contributed by atoms with van der Waals surface area (Å²) in [5.74, 6) is -3.54. The third-order valence-corrected chi connectivity index (χ3v) is 3.29. The summed E-state index contributed by atoms with van der Waals surface area (Å²) in [5, 5.41) is 18.3. The lowest BCUT2D eigenvalue weighted by Gasteiger charge is -2.36. The third-order valence-electron chi connectivity index (χ3n) is 3.29. The first-order chi connectivity index (χ1) is 8.05. The zero-order valence-electron chi connectivity index (χ0n) is 9.26. The van der Waals surface area contributed by atoms with Gasteiger partial charge in [0.1, 0.15) is 0 Å². The molecule has 1 N–H and O–H groups in total. The first-order valence-corrected chi connectivity index (χ1v) is 5.22. The van der Waals surface area contributed by atoms with Gasteiger partial charge in [0.2, 0.25) is 5.82 Å². The quantitative estimate of drug-likeness (QED) is 0.863. The molecule has 0 heterocycles. The van der Waals surface area contributed by atoms with Crippen molar-refractivity contribution in [2.75, 3.05) is 7.11 Å². The monoisotopic (exact) mass is 239 g/mol. The van der Waals surface area contributed by atoms with E-state index in [1.54, 1.807) is 0 Å². The highest BCUT2D eigenvalue weighted by atomic mass is 19.1. The zero-order chi connectivity index (χ0) is 12.6. The van der Waals surface area contributed by atoms with E-state index in [4.69, 9.17) is 15.1 Å². The van der Waals surface area contributed by atoms with Crippen molar-refractivity contribution in [2.45, 2.75) is 24.7 Å². The standard InChI is InChI=1S/C12H11F2NO2/c1-17-11-7(12(6-15)3-2-4-12)5-8(13)10(16)9(11)14/h5,16H,2-4H2,1H3. The Morgan fingerprint density at radius 2 is 2.12 bits per heavy atom. The van der Waals surface area contributed by atoms with Crippen LogP contribution in [0.3, 0.4) is 0 Å². The van der Waals surface area contributed by atoms with Crippen molar-refractivity contribution >= 4 is 0 Å². The summed E-state index contributed by atoms with van der Waals surface area (Å²) < 4.78 is 31.8. The van der Waals surface area contributed by atoms with Gasteiger partial charge in [-0.25, -0.2) is 4.39 Å². The van der Waals surface area contributed by atoms with E-state index in [1.807, 2.05) is 0 Å². The normalized spacial score (nSPS) is 17.1. The molecule has 0 bridgehead atoms. The molecule has 2 rings (SSSR count). The van der Waals surface area contributed by atoms with Gasteiger partial charge < -0.3 is 9.84 Å². The molecule has 1 aliphatic rings. The van der Waals surface area contributed by atoms with Gasteiger partial charge in [-0.3, -0.25) is 0 Å². The summed E-state index contributed by atoms with van der Waals surface area (Å²) in [5.41, 5.74) is -0.706. The molecule has 3 nitrogen and oxygen atoms in total. The number of halogens is 2. The van der Waals surface area contributed by atoms with E-state index in [1.165, 1.54) is 7.11 Å². The largest absolute Gasteiger partial charge is 0.503 e. The zero-order valence-corrected chi connectivity index (χ0v) is 9.26. The molecular formula is C12H11F2NO2. The van der Waals surface area contributed by atoms with Gasteiger partial charge in [-0.05, 0) is 25.3 Å². The van der Waals surface area contributed by atoms with Crippen LogP contribution in [0.5, 0.6) is 11.5 Å². The molecule has 0 spiro atoms. The molecule has 1 aromatic rings. The Labute approximate surface area is 97.2 Å². The first kappa shape index (κ1) is 11.6. The Morgan fingerprint density at radius 1 is 1.47 bits per heavy atom. The Bertz CT molecular complexity index is 504. The molecule has 0 unspecified atom stereocenters. The van der Waals surface area contributed by atoms with Gasteiger partial charge in [-0.1, -0.05) is 0 Å². The predicted octanol–water partition coefficient (Wildman–Crippen LogP) is 2.62. The first-order valence-electron chi connectivity index (χ1n) is 5.22. The minimum Gasteiger partial charge on any atom is -0.503 e. The van der Waals surface area contributed by atoms with Gasteiger partial charge in [0.25, 0.3) is 0 Å². The average molecular weight is 239 g/mol. The van der Waals surface area contributed by atoms with Crippen molar-refractivity contribution in [2.24, 2.45) is 0 Å². The number of nitrogens with zero attached hydrogens (tertiary/aromatic N) is 1. The molecule has 0 atom stereocenters. The van der Waals surface area contributed by atoms with Crippen molar-refractivity contribution in [3.05, 3.63) is 23.3 Å². The molecule has 1 saturated carbocycles. The topological polar surface area (TPSA) is 53.2 Å². The van der Waals surface area contributed by atoms with Crippen LogP contribution in [0.2, 0.25) is 0 Å². The van der Waals surface area contributed by atoms with Crippen molar-refractivity contribution in [3.63, 3.8) is 0 Å². The van der Waals surface area contributed by atoms with Crippen molar-refractivity contribution in [1.29, 1.82) is 5.26 Å². The number of hydrogen-bond acceptors (Lipinski definition) is 3. The van der Waals surface area contributed by atoms with E-state index in [0.717, 1.165) is 12.5 Å². The summed E-state index contributed by atoms with van der Waals surface area (Å²) in [6, 6.07) is 3.07. The number of aromatic hydroxyl groups is 1. The predicted molar refractivity (Wildman–Crippen MR) is 55.7 cm³/mol. The lowest BCUT2D eigenvalue weighted by Crippen LogP contribution is -2.33. The number of benzene rings is 1. The van der Waals surface area contributed by atoms with Crippen molar-refractivity contribution < 1.29 is 18.6 Å². The smallest absolute Gasteiger partial charge is 0.209 e. The van der Waals surface area contributed by atoms with E-state index >= 15 is 0 Å². The summed E-state index contributed by atoms with van der Waals surface area (Å²) >= 11 is 0. The van der Waals surface area contributed by atoms with Gasteiger partial charge in [0, 0.05) is 5.56 Å². The van der Waals surface area contributed by atoms with E-state index in [-0.39, 0.29) is 11.3 Å². The second kappa shape index (κ2) is 3.88. The fourth-order valence-corrected chi connectivity index (χ4v) is 2.12. The van der Waals surface area contributed by atoms with Crippen molar-refractivity contribution in [3.8, 4) is 17.6 Å². The maximum absolute atomic E-state index is 13.6. The summed E-state index contributed by atoms with van der Waals surface area (Å²) in [6.07, 6.45) is 1.92. The molecule has 5 heteroatoms. The molecule has 1 aliphatic carbocycles. The highest BCUT2D eigenvalue weighted by Crippen LogP contribution is 2.48. The van der Waals surface area contributed by atoms with E-state index in [0.29, 0.717) is 12.8 Å². The van der Waals surface area contributed by atoms with Gasteiger partial charge in [-0.15, -0.1) is 0 Å². The van der Waals surface area contributed by atoms with Gasteiger partial charge in [-0.2, -0.15) is 9.65 Å². The molecule has 0 amide bonds. The SMILES string of the molecule is COc1c(C2(C#N)CCC2)cc(F)c(O)c1F. The van der Waals surface area contributed by atoms with Crippen LogP contribution in [0.4, 0.5) is 8.78 Å². The van der Waals surface area contributed by atoms with Crippen LogP contribution in [0.25, 0.3) is 0 Å². The van der Waals surface area contributed by atoms with Crippen LogP contribution in [0, 0.1) is 23.0 Å². The summed E-state index contributed by atoms with van der Waals surface area (Å²) in [6.45, 7) is 0. The molecule has 0 aliphatic heterocycles. The molecule has 17 heavy (non-hydrogen) atoms. The second-order valence-corrected chi connectivity index (χ2v) is 4.15.